The van der Waals surface area contributed by atoms with Crippen LogP contribution in [0.3, 0.4) is 0 Å². The Morgan fingerprint density at radius 3 is 2.27 bits per heavy atom. The molecule has 3 aromatic rings. The minimum atomic E-state index is -0.806. The van der Waals surface area contributed by atoms with Crippen molar-refractivity contribution < 1.29 is 19.4 Å². The lowest BCUT2D eigenvalue weighted by Gasteiger charge is -2.22. The molecule has 1 aliphatic heterocycles. The van der Waals surface area contributed by atoms with Crippen LogP contribution in [0.15, 0.2) is 54.1 Å². The number of Topliss-reactive ketones (excluding diaryl/α,β-unsaturated/α-hetero) is 1. The average Bonchev–Trinajstić information content (AvgIpc) is 3.29. The van der Waals surface area contributed by atoms with Gasteiger partial charge < -0.3 is 9.84 Å². The van der Waals surface area contributed by atoms with Crippen LogP contribution in [0.5, 0.6) is 5.75 Å². The summed E-state index contributed by atoms with van der Waals surface area (Å²) in [6.45, 7) is 3.72. The normalized spacial score (nSPS) is 18.1. The lowest BCUT2D eigenvalue weighted by molar-refractivity contribution is -0.132. The van der Waals surface area contributed by atoms with E-state index in [0.717, 1.165) is 5.56 Å². The van der Waals surface area contributed by atoms with E-state index in [1.807, 2.05) is 31.2 Å². The van der Waals surface area contributed by atoms with Gasteiger partial charge in [-0.15, -0.1) is 10.2 Å². The van der Waals surface area contributed by atoms with E-state index in [0.29, 0.717) is 27.0 Å². The molecule has 4 rings (SSSR count). The van der Waals surface area contributed by atoms with Crippen molar-refractivity contribution in [1.29, 1.82) is 0 Å². The molecule has 2 heterocycles. The van der Waals surface area contributed by atoms with Crippen LogP contribution in [0, 0.1) is 13.8 Å². The number of aliphatic hydroxyl groups excluding tert-OH is 1. The van der Waals surface area contributed by atoms with Crippen molar-refractivity contribution in [2.75, 3.05) is 12.0 Å². The van der Waals surface area contributed by atoms with Gasteiger partial charge in [0.15, 0.2) is 0 Å². The number of carbonyl (C=O) groups excluding carboxylic acids is 2. The van der Waals surface area contributed by atoms with Crippen LogP contribution in [0.1, 0.15) is 27.7 Å². The van der Waals surface area contributed by atoms with E-state index < -0.39 is 17.7 Å². The number of rotatable bonds is 4. The number of ether oxygens (including phenoxy) is 1. The topological polar surface area (TPSA) is 92.6 Å². The molecule has 1 amide bonds. The third-order valence-electron chi connectivity index (χ3n) is 4.92. The Kier molecular flexibility index (Phi) is 5.09. The highest BCUT2D eigenvalue weighted by Crippen LogP contribution is 2.43. The summed E-state index contributed by atoms with van der Waals surface area (Å²) in [4.78, 5) is 27.3. The number of hydrogen-bond donors (Lipinski definition) is 1. The Morgan fingerprint density at radius 1 is 1.03 bits per heavy atom. The van der Waals surface area contributed by atoms with E-state index in [1.165, 1.54) is 16.2 Å². The Hall–Kier alpha value is -3.52. The minimum Gasteiger partial charge on any atom is -0.507 e. The zero-order valence-electron chi connectivity index (χ0n) is 16.6. The number of nitrogens with zero attached hydrogens (tertiary/aromatic N) is 3. The predicted octanol–water partition coefficient (Wildman–Crippen LogP) is 3.79. The van der Waals surface area contributed by atoms with Gasteiger partial charge in [0.1, 0.15) is 16.5 Å². The van der Waals surface area contributed by atoms with Gasteiger partial charge in [-0.3, -0.25) is 14.5 Å². The van der Waals surface area contributed by atoms with Crippen molar-refractivity contribution in [2.24, 2.45) is 0 Å². The molecule has 1 fully saturated rings. The number of aromatic nitrogens is 2. The molecule has 1 unspecified atom stereocenters. The highest BCUT2D eigenvalue weighted by molar-refractivity contribution is 7.15. The van der Waals surface area contributed by atoms with Crippen molar-refractivity contribution in [3.8, 4) is 5.75 Å². The molecule has 1 aliphatic rings. The number of benzene rings is 2. The van der Waals surface area contributed by atoms with E-state index in [1.54, 1.807) is 38.3 Å². The van der Waals surface area contributed by atoms with Crippen molar-refractivity contribution in [3.05, 3.63) is 75.8 Å². The van der Waals surface area contributed by atoms with Crippen molar-refractivity contribution in [2.45, 2.75) is 19.9 Å². The van der Waals surface area contributed by atoms with Crippen LogP contribution < -0.4 is 9.64 Å². The number of hydrogen-bond acceptors (Lipinski definition) is 7. The molecule has 1 N–H and O–H groups in total. The Labute approximate surface area is 177 Å². The van der Waals surface area contributed by atoms with Crippen LogP contribution in [-0.4, -0.2) is 34.1 Å². The molecule has 152 valence electrons. The van der Waals surface area contributed by atoms with E-state index in [-0.39, 0.29) is 11.3 Å². The third-order valence-corrected chi connectivity index (χ3v) is 5.76. The summed E-state index contributed by atoms with van der Waals surface area (Å²) in [5.41, 5.74) is 2.17. The summed E-state index contributed by atoms with van der Waals surface area (Å²) in [6, 6.07) is 13.3. The smallest absolute Gasteiger partial charge is 0.301 e. The molecule has 2 aromatic carbocycles. The molecule has 1 atom stereocenters. The number of methoxy groups -OCH3 is 1. The van der Waals surface area contributed by atoms with Gasteiger partial charge in [0.25, 0.3) is 5.78 Å². The molecule has 0 radical (unpaired) electrons. The molecular formula is C22H19N3O4S. The number of aryl methyl sites for hydroxylation is 2. The fourth-order valence-electron chi connectivity index (χ4n) is 3.38. The number of amides is 1. The standard InChI is InChI=1S/C22H19N3O4S/c1-12-4-6-14(7-5-12)18-17(19(26)15-8-10-16(29-3)11-9-15)20(27)21(28)25(18)22-24-23-13(2)30-22/h4-11,18,26H,1-3H3/b19-17+. The van der Waals surface area contributed by atoms with Gasteiger partial charge in [0.05, 0.1) is 18.7 Å². The second-order valence-electron chi connectivity index (χ2n) is 6.91. The first-order chi connectivity index (χ1) is 14.4. The molecule has 0 spiro atoms. The van der Waals surface area contributed by atoms with Crippen LogP contribution >= 0.6 is 11.3 Å². The van der Waals surface area contributed by atoms with E-state index >= 15 is 0 Å². The van der Waals surface area contributed by atoms with Gasteiger partial charge >= 0.3 is 5.91 Å². The highest BCUT2D eigenvalue weighted by atomic mass is 32.1. The maximum atomic E-state index is 13.0. The fraction of sp³-hybridized carbons (Fsp3) is 0.182. The summed E-state index contributed by atoms with van der Waals surface area (Å²) in [5, 5.41) is 20.1. The number of aliphatic hydroxyl groups is 1. The largest absolute Gasteiger partial charge is 0.507 e. The van der Waals surface area contributed by atoms with E-state index in [9.17, 15) is 14.7 Å². The molecule has 1 aromatic heterocycles. The third kappa shape index (κ3) is 3.35. The van der Waals surface area contributed by atoms with Gasteiger partial charge in [-0.05, 0) is 43.7 Å². The monoisotopic (exact) mass is 421 g/mol. The zero-order valence-corrected chi connectivity index (χ0v) is 17.4. The molecule has 30 heavy (non-hydrogen) atoms. The van der Waals surface area contributed by atoms with Gasteiger partial charge in [-0.1, -0.05) is 41.2 Å². The number of carbonyl (C=O) groups is 2. The van der Waals surface area contributed by atoms with E-state index in [2.05, 4.69) is 10.2 Å². The highest BCUT2D eigenvalue weighted by Gasteiger charge is 2.48. The SMILES string of the molecule is COc1ccc(/C(O)=C2\C(=O)C(=O)N(c3nnc(C)s3)C2c2ccc(C)cc2)cc1. The second-order valence-corrected chi connectivity index (χ2v) is 8.07. The first-order valence-corrected chi connectivity index (χ1v) is 10.0. The minimum absolute atomic E-state index is 0.0156. The van der Waals surface area contributed by atoms with Crippen LogP contribution in [0.2, 0.25) is 0 Å². The lowest BCUT2D eigenvalue weighted by atomic mass is 9.95. The van der Waals surface area contributed by atoms with Gasteiger partial charge in [-0.25, -0.2) is 0 Å². The molecule has 0 aliphatic carbocycles. The van der Waals surface area contributed by atoms with Crippen LogP contribution in [0.4, 0.5) is 5.13 Å². The van der Waals surface area contributed by atoms with E-state index in [4.69, 9.17) is 4.74 Å². The molecule has 7 nitrogen and oxygen atoms in total. The lowest BCUT2D eigenvalue weighted by Crippen LogP contribution is -2.29. The molecular weight excluding hydrogens is 402 g/mol. The van der Waals surface area contributed by atoms with Gasteiger partial charge in [-0.2, -0.15) is 0 Å². The molecule has 0 bridgehead atoms. The van der Waals surface area contributed by atoms with Crippen LogP contribution in [0.25, 0.3) is 5.76 Å². The van der Waals surface area contributed by atoms with Crippen molar-refractivity contribution in [1.82, 2.24) is 10.2 Å². The quantitative estimate of drug-likeness (QED) is 0.391. The number of ketones is 1. The first kappa shape index (κ1) is 19.8. The summed E-state index contributed by atoms with van der Waals surface area (Å²) < 4.78 is 5.15. The first-order valence-electron chi connectivity index (χ1n) is 9.23. The summed E-state index contributed by atoms with van der Waals surface area (Å²) in [7, 11) is 1.54. The summed E-state index contributed by atoms with van der Waals surface area (Å²) >= 11 is 1.22. The summed E-state index contributed by atoms with van der Waals surface area (Å²) in [6.07, 6.45) is 0. The molecule has 0 saturated carbocycles. The second kappa shape index (κ2) is 7.72. The summed E-state index contributed by atoms with van der Waals surface area (Å²) in [5.74, 6) is -1.13. The van der Waals surface area contributed by atoms with Crippen molar-refractivity contribution in [3.63, 3.8) is 0 Å². The maximum absolute atomic E-state index is 13.0. The van der Waals surface area contributed by atoms with Crippen molar-refractivity contribution >= 4 is 33.9 Å². The van der Waals surface area contributed by atoms with Crippen LogP contribution in [-0.2, 0) is 9.59 Å². The molecule has 8 heteroatoms. The zero-order chi connectivity index (χ0) is 21.4. The fourth-order valence-corrected chi connectivity index (χ4v) is 4.10. The number of anilines is 1. The Morgan fingerprint density at radius 2 is 1.70 bits per heavy atom. The Bertz CT molecular complexity index is 1150. The molecule has 1 saturated heterocycles. The van der Waals surface area contributed by atoms with Gasteiger partial charge in [0.2, 0.25) is 5.13 Å². The Balaban J connectivity index is 1.91. The average molecular weight is 421 g/mol. The van der Waals surface area contributed by atoms with Gasteiger partial charge in [0, 0.05) is 5.56 Å². The maximum Gasteiger partial charge on any atom is 0.301 e. The predicted molar refractivity (Wildman–Crippen MR) is 114 cm³/mol.